The molecule has 198 valence electrons. The first-order valence-corrected chi connectivity index (χ1v) is 14.3. The Morgan fingerprint density at radius 1 is 0.429 bits per heavy atom. The Balaban J connectivity index is 1.14. The van der Waals surface area contributed by atoms with Crippen molar-refractivity contribution in [3.05, 3.63) is 150 Å². The molecule has 7 aromatic rings. The summed E-state index contributed by atoms with van der Waals surface area (Å²) in [5.41, 5.74) is 11.9. The lowest BCUT2D eigenvalue weighted by Crippen LogP contribution is -2.01. The van der Waals surface area contributed by atoms with Crippen molar-refractivity contribution >= 4 is 10.8 Å². The second-order valence-electron chi connectivity index (χ2n) is 10.9. The summed E-state index contributed by atoms with van der Waals surface area (Å²) in [4.78, 5) is 14.6. The van der Waals surface area contributed by atoms with Gasteiger partial charge in [0.2, 0.25) is 0 Å². The minimum Gasteiger partial charge on any atom is -0.213 e. The Hall–Kier alpha value is -5.41. The zero-order chi connectivity index (χ0) is 28.0. The van der Waals surface area contributed by atoms with Gasteiger partial charge in [0.1, 0.15) is 5.82 Å². The molecule has 0 atom stereocenters. The molecule has 0 amide bonds. The maximum Gasteiger partial charge on any atom is 0.164 e. The average Bonchev–Trinajstić information content (AvgIpc) is 3.43. The topological polar surface area (TPSA) is 38.7 Å². The number of rotatable bonds is 4. The van der Waals surface area contributed by atoms with Gasteiger partial charge in [0, 0.05) is 11.1 Å². The van der Waals surface area contributed by atoms with E-state index in [2.05, 4.69) is 133 Å². The van der Waals surface area contributed by atoms with Crippen molar-refractivity contribution in [1.82, 2.24) is 15.0 Å². The lowest BCUT2D eigenvalue weighted by atomic mass is 9.97. The van der Waals surface area contributed by atoms with E-state index in [9.17, 15) is 0 Å². The van der Waals surface area contributed by atoms with Gasteiger partial charge in [-0.2, -0.15) is 0 Å². The molecular formula is C39H27N3. The maximum atomic E-state index is 5.02. The standard InChI is InChI=1S/C39H27N3/c1-25-40-38(42-39(41-25)36-15-7-12-33-24-32-10-4-5-14-35(32)37(33)36)34-13-6-11-30(23-34)27-16-18-28(19-17-27)31-21-20-26-8-2-3-9-29(26)22-31/h2-23H,24H2,1H3. The van der Waals surface area contributed by atoms with Gasteiger partial charge in [-0.15, -0.1) is 0 Å². The fourth-order valence-corrected chi connectivity index (χ4v) is 6.17. The molecule has 0 spiro atoms. The van der Waals surface area contributed by atoms with Crippen LogP contribution in [0.25, 0.3) is 66.9 Å². The highest BCUT2D eigenvalue weighted by molar-refractivity contribution is 5.89. The summed E-state index contributed by atoms with van der Waals surface area (Å²) in [6, 6.07) is 47.5. The number of aryl methyl sites for hydroxylation is 1. The van der Waals surface area contributed by atoms with Crippen LogP contribution in [0.3, 0.4) is 0 Å². The molecule has 42 heavy (non-hydrogen) atoms. The molecule has 0 unspecified atom stereocenters. The second kappa shape index (κ2) is 9.90. The largest absolute Gasteiger partial charge is 0.213 e. The lowest BCUT2D eigenvalue weighted by Gasteiger charge is -2.11. The zero-order valence-electron chi connectivity index (χ0n) is 23.3. The molecule has 1 heterocycles. The van der Waals surface area contributed by atoms with Crippen LogP contribution in [0.4, 0.5) is 0 Å². The summed E-state index contributed by atoms with van der Waals surface area (Å²) < 4.78 is 0. The predicted octanol–water partition coefficient (Wildman–Crippen LogP) is 9.57. The van der Waals surface area contributed by atoms with E-state index in [0.717, 1.165) is 34.5 Å². The van der Waals surface area contributed by atoms with Crippen molar-refractivity contribution in [2.24, 2.45) is 0 Å². The third-order valence-corrected chi connectivity index (χ3v) is 8.23. The van der Waals surface area contributed by atoms with Gasteiger partial charge < -0.3 is 0 Å². The third kappa shape index (κ3) is 4.27. The number of benzene rings is 6. The molecule has 0 aliphatic heterocycles. The van der Waals surface area contributed by atoms with Crippen LogP contribution in [0.1, 0.15) is 17.0 Å². The molecule has 0 N–H and O–H groups in total. The minimum absolute atomic E-state index is 0.691. The normalized spacial score (nSPS) is 11.8. The number of nitrogens with zero attached hydrogens (tertiary/aromatic N) is 3. The van der Waals surface area contributed by atoms with Gasteiger partial charge in [0.05, 0.1) is 0 Å². The highest BCUT2D eigenvalue weighted by atomic mass is 15.0. The van der Waals surface area contributed by atoms with Crippen LogP contribution in [-0.4, -0.2) is 15.0 Å². The number of hydrogen-bond acceptors (Lipinski definition) is 3. The third-order valence-electron chi connectivity index (χ3n) is 8.23. The van der Waals surface area contributed by atoms with E-state index in [4.69, 9.17) is 15.0 Å². The SMILES string of the molecule is Cc1nc(-c2cccc(-c3ccc(-c4ccc5ccccc5c4)cc3)c2)nc(-c2cccc3c2-c2ccccc2C3)n1. The molecule has 0 radical (unpaired) electrons. The van der Waals surface area contributed by atoms with Gasteiger partial charge in [0.15, 0.2) is 11.6 Å². The van der Waals surface area contributed by atoms with Crippen LogP contribution in [-0.2, 0) is 6.42 Å². The van der Waals surface area contributed by atoms with Crippen LogP contribution in [0, 0.1) is 6.92 Å². The van der Waals surface area contributed by atoms with E-state index in [1.54, 1.807) is 0 Å². The van der Waals surface area contributed by atoms with Crippen LogP contribution in [0.15, 0.2) is 133 Å². The molecule has 0 fully saturated rings. The smallest absolute Gasteiger partial charge is 0.164 e. The van der Waals surface area contributed by atoms with Gasteiger partial charge in [-0.1, -0.05) is 121 Å². The van der Waals surface area contributed by atoms with Gasteiger partial charge in [0.25, 0.3) is 0 Å². The molecule has 3 nitrogen and oxygen atoms in total. The Labute approximate surface area is 245 Å². The predicted molar refractivity (Wildman–Crippen MR) is 172 cm³/mol. The van der Waals surface area contributed by atoms with Crippen LogP contribution in [0.5, 0.6) is 0 Å². The first-order valence-electron chi connectivity index (χ1n) is 14.3. The fourth-order valence-electron chi connectivity index (χ4n) is 6.17. The van der Waals surface area contributed by atoms with Crippen LogP contribution >= 0.6 is 0 Å². The van der Waals surface area contributed by atoms with Crippen molar-refractivity contribution in [1.29, 1.82) is 0 Å². The molecule has 3 heteroatoms. The van der Waals surface area contributed by atoms with E-state index in [1.165, 1.54) is 44.2 Å². The van der Waals surface area contributed by atoms with Crippen molar-refractivity contribution < 1.29 is 0 Å². The van der Waals surface area contributed by atoms with E-state index in [-0.39, 0.29) is 0 Å². The summed E-state index contributed by atoms with van der Waals surface area (Å²) >= 11 is 0. The summed E-state index contributed by atoms with van der Waals surface area (Å²) in [7, 11) is 0. The monoisotopic (exact) mass is 537 g/mol. The van der Waals surface area contributed by atoms with E-state index >= 15 is 0 Å². The highest BCUT2D eigenvalue weighted by Crippen LogP contribution is 2.42. The summed E-state index contributed by atoms with van der Waals surface area (Å²) in [5.74, 6) is 2.12. The molecule has 1 aliphatic rings. The Morgan fingerprint density at radius 3 is 1.90 bits per heavy atom. The zero-order valence-corrected chi connectivity index (χ0v) is 23.3. The van der Waals surface area contributed by atoms with Crippen molar-refractivity contribution in [2.75, 3.05) is 0 Å². The van der Waals surface area contributed by atoms with E-state index < -0.39 is 0 Å². The first kappa shape index (κ1) is 24.4. The molecular weight excluding hydrogens is 510 g/mol. The summed E-state index contributed by atoms with van der Waals surface area (Å²) in [6.45, 7) is 1.95. The molecule has 8 rings (SSSR count). The summed E-state index contributed by atoms with van der Waals surface area (Å²) in [6.07, 6.45) is 0.942. The van der Waals surface area contributed by atoms with Gasteiger partial charge >= 0.3 is 0 Å². The molecule has 0 saturated heterocycles. The first-order chi connectivity index (χ1) is 20.7. The number of hydrogen-bond donors (Lipinski definition) is 0. The van der Waals surface area contributed by atoms with E-state index in [0.29, 0.717) is 11.6 Å². The average molecular weight is 538 g/mol. The molecule has 1 aliphatic carbocycles. The van der Waals surface area contributed by atoms with Crippen molar-refractivity contribution in [3.8, 4) is 56.2 Å². The summed E-state index contributed by atoms with van der Waals surface area (Å²) in [5, 5.41) is 2.51. The Morgan fingerprint density at radius 2 is 1.05 bits per heavy atom. The Kier molecular flexibility index (Phi) is 5.75. The van der Waals surface area contributed by atoms with Crippen molar-refractivity contribution in [3.63, 3.8) is 0 Å². The maximum absolute atomic E-state index is 5.02. The highest BCUT2D eigenvalue weighted by Gasteiger charge is 2.23. The Bertz CT molecular complexity index is 2130. The molecule has 0 bridgehead atoms. The van der Waals surface area contributed by atoms with E-state index in [1.807, 2.05) is 6.92 Å². The number of aromatic nitrogens is 3. The van der Waals surface area contributed by atoms with Gasteiger partial charge in [-0.05, 0) is 80.8 Å². The van der Waals surface area contributed by atoms with Crippen LogP contribution < -0.4 is 0 Å². The second-order valence-corrected chi connectivity index (χ2v) is 10.9. The molecule has 1 aromatic heterocycles. The lowest BCUT2D eigenvalue weighted by molar-refractivity contribution is 0.992. The molecule has 6 aromatic carbocycles. The van der Waals surface area contributed by atoms with Gasteiger partial charge in [-0.3, -0.25) is 0 Å². The quantitative estimate of drug-likeness (QED) is 0.224. The molecule has 0 saturated carbocycles. The minimum atomic E-state index is 0.691. The van der Waals surface area contributed by atoms with Gasteiger partial charge in [-0.25, -0.2) is 15.0 Å². The number of fused-ring (bicyclic) bond motifs is 4. The fraction of sp³-hybridized carbons (Fsp3) is 0.0513. The van der Waals surface area contributed by atoms with Crippen LogP contribution in [0.2, 0.25) is 0 Å². The van der Waals surface area contributed by atoms with Crippen molar-refractivity contribution in [2.45, 2.75) is 13.3 Å².